The van der Waals surface area contributed by atoms with Gasteiger partial charge >= 0.3 is 5.97 Å². The van der Waals surface area contributed by atoms with Crippen LogP contribution in [0.25, 0.3) is 0 Å². The number of morpholine rings is 1. The molecule has 3 aliphatic heterocycles. The maximum absolute atomic E-state index is 15.6. The number of hydrogen-bond donors (Lipinski definition) is 2. The Bertz CT molecular complexity index is 1010. The highest BCUT2D eigenvalue weighted by atomic mass is 19.1. The Kier molecular flexibility index (Phi) is 6.60. The Morgan fingerprint density at radius 2 is 1.92 bits per heavy atom. The van der Waals surface area contributed by atoms with E-state index in [0.717, 1.165) is 38.9 Å². The number of likely N-dealkylation sites (tertiary alicyclic amines) is 1. The van der Waals surface area contributed by atoms with Gasteiger partial charge in [-0.3, -0.25) is 4.79 Å². The zero-order valence-corrected chi connectivity index (χ0v) is 20.6. The van der Waals surface area contributed by atoms with E-state index in [1.54, 1.807) is 6.20 Å². The van der Waals surface area contributed by atoms with E-state index in [1.807, 2.05) is 18.2 Å². The molecule has 8 heteroatoms. The van der Waals surface area contributed by atoms with Crippen LogP contribution in [0, 0.1) is 5.92 Å². The van der Waals surface area contributed by atoms with E-state index in [0.29, 0.717) is 12.5 Å². The van der Waals surface area contributed by atoms with Crippen molar-refractivity contribution in [2.45, 2.75) is 80.9 Å². The van der Waals surface area contributed by atoms with Crippen LogP contribution < -0.4 is 5.32 Å². The molecule has 7 nitrogen and oxygen atoms in total. The molecule has 0 amide bonds. The van der Waals surface area contributed by atoms with Crippen LogP contribution in [0.15, 0.2) is 42.1 Å². The number of hydrogen-bond acceptors (Lipinski definition) is 6. The summed E-state index contributed by atoms with van der Waals surface area (Å²) >= 11 is 0. The lowest BCUT2D eigenvalue weighted by Crippen LogP contribution is -2.73. The smallest absolute Gasteiger partial charge is 0.340 e. The minimum Gasteiger partial charge on any atom is -0.478 e. The number of halogens is 1. The Labute approximate surface area is 211 Å². The molecule has 6 rings (SSSR count). The molecule has 2 saturated carbocycles. The van der Waals surface area contributed by atoms with Crippen molar-refractivity contribution in [1.29, 1.82) is 0 Å². The van der Waals surface area contributed by atoms with Crippen molar-refractivity contribution in [3.05, 3.63) is 47.7 Å². The van der Waals surface area contributed by atoms with Gasteiger partial charge in [-0.25, -0.2) is 9.18 Å². The molecule has 1 aromatic rings. The number of benzene rings is 1. The molecule has 0 spiro atoms. The van der Waals surface area contributed by atoms with Gasteiger partial charge in [0, 0.05) is 25.2 Å². The molecular weight excluding hydrogens is 461 g/mol. The molecular formula is C28H36FN3O4. The van der Waals surface area contributed by atoms with Gasteiger partial charge in [-0.2, -0.15) is 0 Å². The number of carbonyl (C=O) groups excluding carboxylic acids is 1. The van der Waals surface area contributed by atoms with Gasteiger partial charge in [0.15, 0.2) is 5.78 Å². The van der Waals surface area contributed by atoms with E-state index in [2.05, 4.69) is 27.2 Å². The monoisotopic (exact) mass is 497 g/mol. The number of nitrogens with one attached hydrogen (secondary N) is 1. The van der Waals surface area contributed by atoms with Crippen molar-refractivity contribution >= 4 is 11.8 Å². The fourth-order valence-corrected chi connectivity index (χ4v) is 7.42. The minimum atomic E-state index is -1.26. The molecule has 0 aromatic heterocycles. The lowest BCUT2D eigenvalue weighted by molar-refractivity contribution is -0.199. The molecule has 3 heterocycles. The first-order chi connectivity index (χ1) is 17.5. The van der Waals surface area contributed by atoms with Crippen molar-refractivity contribution in [1.82, 2.24) is 15.1 Å². The summed E-state index contributed by atoms with van der Waals surface area (Å²) in [5.74, 6) is -2.04. The first kappa shape index (κ1) is 24.1. The molecule has 2 saturated heterocycles. The predicted molar refractivity (Wildman–Crippen MR) is 132 cm³/mol. The lowest BCUT2D eigenvalue weighted by atomic mass is 9.68. The van der Waals surface area contributed by atoms with E-state index < -0.39 is 36.0 Å². The molecule has 8 unspecified atom stereocenters. The highest BCUT2D eigenvalue weighted by Crippen LogP contribution is 2.47. The summed E-state index contributed by atoms with van der Waals surface area (Å²) in [5.41, 5.74) is 1.06. The molecule has 4 fully saturated rings. The summed E-state index contributed by atoms with van der Waals surface area (Å²) in [4.78, 5) is 29.7. The number of carbonyl (C=O) groups is 2. The van der Waals surface area contributed by atoms with Gasteiger partial charge in [-0.05, 0) is 63.1 Å². The molecule has 0 radical (unpaired) electrons. The maximum atomic E-state index is 15.6. The quantitative estimate of drug-likeness (QED) is 0.585. The zero-order chi connectivity index (χ0) is 24.8. The number of nitrogens with zero attached hydrogens (tertiary/aromatic N) is 2. The van der Waals surface area contributed by atoms with Crippen LogP contribution in [-0.4, -0.2) is 89.3 Å². The van der Waals surface area contributed by atoms with Gasteiger partial charge in [-0.15, -0.1) is 0 Å². The second-order valence-corrected chi connectivity index (χ2v) is 11.2. The number of rotatable bonds is 6. The molecule has 2 N–H and O–H groups in total. The Morgan fingerprint density at radius 3 is 2.67 bits per heavy atom. The third-order valence-electron chi connectivity index (χ3n) is 9.17. The van der Waals surface area contributed by atoms with Crippen LogP contribution >= 0.6 is 0 Å². The summed E-state index contributed by atoms with van der Waals surface area (Å²) in [6.45, 7) is 3.73. The number of ether oxygens (including phenoxy) is 1. The fraction of sp³-hybridized carbons (Fsp3) is 0.643. The second-order valence-electron chi connectivity index (χ2n) is 11.2. The molecule has 0 bridgehead atoms. The number of aliphatic carboxylic acids is 1. The predicted octanol–water partition coefficient (Wildman–Crippen LogP) is 2.72. The number of carboxylic acid groups (broad SMARTS) is 1. The number of fused-ring (bicyclic) bond motifs is 2. The van der Waals surface area contributed by atoms with E-state index >= 15 is 4.39 Å². The normalized spacial score (nSPS) is 38.3. The molecule has 2 aliphatic carbocycles. The summed E-state index contributed by atoms with van der Waals surface area (Å²) in [7, 11) is 0. The summed E-state index contributed by atoms with van der Waals surface area (Å²) in [6.07, 6.45) is 4.80. The van der Waals surface area contributed by atoms with Gasteiger partial charge in [0.25, 0.3) is 0 Å². The number of carboxylic acids is 1. The molecule has 5 aliphatic rings. The lowest BCUT2D eigenvalue weighted by Gasteiger charge is -2.59. The van der Waals surface area contributed by atoms with Crippen LogP contribution in [0.1, 0.15) is 50.0 Å². The number of Topliss-reactive ketones (excluding diaryl/α,β-unsaturated/α-hetero) is 1. The number of alkyl halides is 1. The van der Waals surface area contributed by atoms with Crippen molar-refractivity contribution in [3.63, 3.8) is 0 Å². The topological polar surface area (TPSA) is 82.1 Å². The molecule has 36 heavy (non-hydrogen) atoms. The highest BCUT2D eigenvalue weighted by molar-refractivity contribution is 6.18. The number of ketones is 1. The van der Waals surface area contributed by atoms with E-state index in [-0.39, 0.29) is 30.2 Å². The van der Waals surface area contributed by atoms with Crippen LogP contribution in [0.4, 0.5) is 4.39 Å². The summed E-state index contributed by atoms with van der Waals surface area (Å²) in [5, 5.41) is 13.3. The molecule has 194 valence electrons. The average Bonchev–Trinajstić information content (AvgIpc) is 3.41. The van der Waals surface area contributed by atoms with Crippen LogP contribution in [0.3, 0.4) is 0 Å². The molecule has 1 aromatic carbocycles. The first-order valence-electron chi connectivity index (χ1n) is 13.6. The third-order valence-corrected chi connectivity index (χ3v) is 9.17. The average molecular weight is 498 g/mol. The second kappa shape index (κ2) is 9.88. The minimum absolute atomic E-state index is 0.0310. The van der Waals surface area contributed by atoms with Gasteiger partial charge in [0.1, 0.15) is 11.7 Å². The van der Waals surface area contributed by atoms with Crippen molar-refractivity contribution in [3.8, 4) is 0 Å². The first-order valence-corrected chi connectivity index (χ1v) is 13.6. The van der Waals surface area contributed by atoms with Crippen LogP contribution in [-0.2, 0) is 14.3 Å². The fourth-order valence-electron chi connectivity index (χ4n) is 7.42. The highest BCUT2D eigenvalue weighted by Gasteiger charge is 2.58. The van der Waals surface area contributed by atoms with Crippen molar-refractivity contribution < 1.29 is 23.8 Å². The maximum Gasteiger partial charge on any atom is 0.340 e. The van der Waals surface area contributed by atoms with Gasteiger partial charge in [0.05, 0.1) is 30.3 Å². The van der Waals surface area contributed by atoms with Crippen molar-refractivity contribution in [2.24, 2.45) is 5.92 Å². The Hall–Kier alpha value is -2.29. The standard InChI is InChI=1S/C28H36FN3O4/c29-21-15-19-25-27(24(21)30-10-13-31-11-4-5-12-31)36-23-9-8-18(17-6-2-1-3-7-17)14-22(23)32(25)16-20(26(19)33)28(34)35/h1-3,6-7,16,18-19,21-25,27,30H,4-5,8-15H2,(H,34,35). The van der Waals surface area contributed by atoms with Gasteiger partial charge in [0.2, 0.25) is 0 Å². The zero-order valence-electron chi connectivity index (χ0n) is 20.6. The van der Waals surface area contributed by atoms with E-state index in [9.17, 15) is 14.7 Å². The SMILES string of the molecule is O=C(O)C1=CN2C3CC(c4ccccc4)CCC3OC3C(NCCN4CCCC4)C(F)CC(C1=O)C32. The van der Waals surface area contributed by atoms with E-state index in [4.69, 9.17) is 4.74 Å². The Morgan fingerprint density at radius 1 is 1.14 bits per heavy atom. The summed E-state index contributed by atoms with van der Waals surface area (Å²) < 4.78 is 22.3. The van der Waals surface area contributed by atoms with Crippen molar-refractivity contribution in [2.75, 3.05) is 26.2 Å². The van der Waals surface area contributed by atoms with Crippen LogP contribution in [0.2, 0.25) is 0 Å². The molecule has 8 atom stereocenters. The van der Waals surface area contributed by atoms with E-state index in [1.165, 1.54) is 18.4 Å². The van der Waals surface area contributed by atoms with Gasteiger partial charge < -0.3 is 25.0 Å². The summed E-state index contributed by atoms with van der Waals surface area (Å²) in [6, 6.07) is 9.53. The van der Waals surface area contributed by atoms with Crippen LogP contribution in [0.5, 0.6) is 0 Å². The Balaban J connectivity index is 1.28. The third kappa shape index (κ3) is 4.27. The largest absolute Gasteiger partial charge is 0.478 e. The van der Waals surface area contributed by atoms with Gasteiger partial charge in [-0.1, -0.05) is 30.3 Å².